The molecular formula is C6H3F4NO. The molecule has 1 aromatic rings. The van der Waals surface area contributed by atoms with Crippen molar-refractivity contribution in [3.8, 4) is 5.75 Å². The van der Waals surface area contributed by atoms with Gasteiger partial charge in [0.05, 0.1) is 0 Å². The Morgan fingerprint density at radius 1 is 0.833 bits per heavy atom. The van der Waals surface area contributed by atoms with Crippen LogP contribution in [0.1, 0.15) is 0 Å². The molecule has 0 unspecified atom stereocenters. The number of phenolic OH excluding ortho intramolecular Hbond substituents is 1. The van der Waals surface area contributed by atoms with E-state index in [0.717, 1.165) is 0 Å². The standard InChI is InChI=1S/C6H3F4NO/c7-1-2(8)5(11)4(10)6(12)3(1)9/h12H,11H2. The van der Waals surface area contributed by atoms with Gasteiger partial charge >= 0.3 is 0 Å². The van der Waals surface area contributed by atoms with E-state index < -0.39 is 34.7 Å². The Hall–Kier alpha value is -1.46. The van der Waals surface area contributed by atoms with Crippen molar-refractivity contribution in [3.63, 3.8) is 0 Å². The molecule has 0 aromatic heterocycles. The lowest BCUT2D eigenvalue weighted by Gasteiger charge is -2.03. The molecule has 0 spiro atoms. The molecule has 0 amide bonds. The van der Waals surface area contributed by atoms with Gasteiger partial charge in [0.25, 0.3) is 0 Å². The van der Waals surface area contributed by atoms with Crippen molar-refractivity contribution in [3.05, 3.63) is 23.3 Å². The third-order valence-corrected chi connectivity index (χ3v) is 1.27. The summed E-state index contributed by atoms with van der Waals surface area (Å²) in [4.78, 5) is 0. The van der Waals surface area contributed by atoms with Gasteiger partial charge < -0.3 is 10.8 Å². The number of hydrogen-bond donors (Lipinski definition) is 2. The van der Waals surface area contributed by atoms with Gasteiger partial charge in [-0.2, -0.15) is 4.39 Å². The number of aromatic hydroxyl groups is 1. The molecule has 0 radical (unpaired) electrons. The number of anilines is 1. The fraction of sp³-hybridized carbons (Fsp3) is 0. The molecule has 3 N–H and O–H groups in total. The van der Waals surface area contributed by atoms with Crippen molar-refractivity contribution in [1.29, 1.82) is 0 Å². The quantitative estimate of drug-likeness (QED) is 0.276. The van der Waals surface area contributed by atoms with Gasteiger partial charge in [0.1, 0.15) is 5.69 Å². The minimum atomic E-state index is -1.99. The maximum Gasteiger partial charge on any atom is 0.206 e. The number of hydrogen-bond acceptors (Lipinski definition) is 2. The lowest BCUT2D eigenvalue weighted by atomic mass is 10.2. The molecule has 0 fully saturated rings. The molecule has 0 atom stereocenters. The van der Waals surface area contributed by atoms with Crippen LogP contribution in [0.15, 0.2) is 0 Å². The van der Waals surface area contributed by atoms with Gasteiger partial charge in [-0.1, -0.05) is 0 Å². The fourth-order valence-electron chi connectivity index (χ4n) is 0.639. The third-order valence-electron chi connectivity index (χ3n) is 1.27. The lowest BCUT2D eigenvalue weighted by molar-refractivity contribution is 0.361. The molecule has 0 saturated carbocycles. The number of nitrogen functional groups attached to an aromatic ring is 1. The summed E-state index contributed by atoms with van der Waals surface area (Å²) >= 11 is 0. The second-order valence-electron chi connectivity index (χ2n) is 2.02. The van der Waals surface area contributed by atoms with E-state index in [1.54, 1.807) is 0 Å². The summed E-state index contributed by atoms with van der Waals surface area (Å²) in [5.41, 5.74) is 3.39. The van der Waals surface area contributed by atoms with E-state index in [2.05, 4.69) is 5.73 Å². The highest BCUT2D eigenvalue weighted by atomic mass is 19.2. The molecular weight excluding hydrogens is 178 g/mol. The second-order valence-corrected chi connectivity index (χ2v) is 2.02. The normalized spacial score (nSPS) is 10.3. The summed E-state index contributed by atoms with van der Waals surface area (Å²) in [7, 11) is 0. The largest absolute Gasteiger partial charge is 0.503 e. The summed E-state index contributed by atoms with van der Waals surface area (Å²) in [5.74, 6) is -9.15. The zero-order valence-electron chi connectivity index (χ0n) is 5.54. The zero-order chi connectivity index (χ0) is 9.46. The molecule has 0 aliphatic carbocycles. The first-order chi connectivity index (χ1) is 5.46. The minimum Gasteiger partial charge on any atom is -0.503 e. The van der Waals surface area contributed by atoms with Gasteiger partial charge in [0.15, 0.2) is 17.4 Å². The summed E-state index contributed by atoms with van der Waals surface area (Å²) in [6.07, 6.45) is 0. The molecule has 1 rings (SSSR count). The number of rotatable bonds is 0. The minimum absolute atomic E-state index is 1.24. The van der Waals surface area contributed by atoms with Crippen LogP contribution in [-0.2, 0) is 0 Å². The Labute approximate surface area is 64.2 Å². The van der Waals surface area contributed by atoms with Crippen LogP contribution in [0.5, 0.6) is 5.75 Å². The van der Waals surface area contributed by atoms with Crippen LogP contribution in [-0.4, -0.2) is 5.11 Å². The molecule has 0 aliphatic rings. The Balaban J connectivity index is 3.60. The van der Waals surface area contributed by atoms with Gasteiger partial charge in [0, 0.05) is 0 Å². The maximum absolute atomic E-state index is 12.4. The average molecular weight is 181 g/mol. The van der Waals surface area contributed by atoms with Crippen LogP contribution >= 0.6 is 0 Å². The zero-order valence-corrected chi connectivity index (χ0v) is 5.54. The summed E-state index contributed by atoms with van der Waals surface area (Å²) in [6, 6.07) is 0. The summed E-state index contributed by atoms with van der Waals surface area (Å²) in [6.45, 7) is 0. The highest BCUT2D eigenvalue weighted by Gasteiger charge is 2.22. The highest BCUT2D eigenvalue weighted by molar-refractivity contribution is 5.48. The van der Waals surface area contributed by atoms with Crippen molar-refractivity contribution in [2.75, 3.05) is 5.73 Å². The molecule has 66 valence electrons. The molecule has 0 saturated heterocycles. The predicted octanol–water partition coefficient (Wildman–Crippen LogP) is 1.53. The number of nitrogens with two attached hydrogens (primary N) is 1. The Bertz CT molecular complexity index is 234. The van der Waals surface area contributed by atoms with Crippen LogP contribution in [0.2, 0.25) is 0 Å². The van der Waals surface area contributed by atoms with Gasteiger partial charge in [0.2, 0.25) is 11.6 Å². The topological polar surface area (TPSA) is 46.2 Å². The van der Waals surface area contributed by atoms with Gasteiger partial charge in [-0.05, 0) is 0 Å². The second kappa shape index (κ2) is 2.54. The smallest absolute Gasteiger partial charge is 0.206 e. The van der Waals surface area contributed by atoms with Crippen molar-refractivity contribution < 1.29 is 22.7 Å². The molecule has 0 aliphatic heterocycles. The fourth-order valence-corrected chi connectivity index (χ4v) is 0.639. The first-order valence-electron chi connectivity index (χ1n) is 2.77. The molecule has 0 heterocycles. The predicted molar refractivity (Wildman–Crippen MR) is 32.4 cm³/mol. The van der Waals surface area contributed by atoms with Crippen molar-refractivity contribution in [2.24, 2.45) is 0 Å². The van der Waals surface area contributed by atoms with Gasteiger partial charge in [-0.3, -0.25) is 0 Å². The Kier molecular flexibility index (Phi) is 1.83. The first kappa shape index (κ1) is 8.63. The average Bonchev–Trinajstić information content (AvgIpc) is 2.08. The first-order valence-corrected chi connectivity index (χ1v) is 2.77. The van der Waals surface area contributed by atoms with E-state index in [-0.39, 0.29) is 0 Å². The molecule has 12 heavy (non-hydrogen) atoms. The molecule has 6 heteroatoms. The Morgan fingerprint density at radius 2 is 1.33 bits per heavy atom. The van der Waals surface area contributed by atoms with E-state index in [0.29, 0.717) is 0 Å². The monoisotopic (exact) mass is 181 g/mol. The molecule has 2 nitrogen and oxygen atoms in total. The van der Waals surface area contributed by atoms with Crippen LogP contribution in [0, 0.1) is 23.3 Å². The van der Waals surface area contributed by atoms with E-state index in [9.17, 15) is 17.6 Å². The van der Waals surface area contributed by atoms with Crippen LogP contribution in [0.3, 0.4) is 0 Å². The summed E-state index contributed by atoms with van der Waals surface area (Å²) < 4.78 is 49.3. The van der Waals surface area contributed by atoms with Crippen molar-refractivity contribution in [2.45, 2.75) is 0 Å². The van der Waals surface area contributed by atoms with E-state index in [1.165, 1.54) is 0 Å². The van der Waals surface area contributed by atoms with E-state index in [1.807, 2.05) is 0 Å². The number of phenols is 1. The van der Waals surface area contributed by atoms with Crippen molar-refractivity contribution in [1.82, 2.24) is 0 Å². The Morgan fingerprint density at radius 3 is 1.83 bits per heavy atom. The van der Waals surface area contributed by atoms with E-state index >= 15 is 0 Å². The number of benzene rings is 1. The van der Waals surface area contributed by atoms with E-state index in [4.69, 9.17) is 5.11 Å². The summed E-state index contributed by atoms with van der Waals surface area (Å²) in [5, 5.41) is 8.46. The molecule has 1 aromatic carbocycles. The SMILES string of the molecule is Nc1c(F)c(O)c(F)c(F)c1F. The lowest BCUT2D eigenvalue weighted by Crippen LogP contribution is -2.02. The third kappa shape index (κ3) is 0.956. The van der Waals surface area contributed by atoms with Crippen molar-refractivity contribution >= 4 is 5.69 Å². The van der Waals surface area contributed by atoms with Crippen LogP contribution in [0.25, 0.3) is 0 Å². The maximum atomic E-state index is 12.4. The van der Waals surface area contributed by atoms with Crippen LogP contribution < -0.4 is 5.73 Å². The van der Waals surface area contributed by atoms with Gasteiger partial charge in [-0.25, -0.2) is 13.2 Å². The highest BCUT2D eigenvalue weighted by Crippen LogP contribution is 2.29. The van der Waals surface area contributed by atoms with Crippen LogP contribution in [0.4, 0.5) is 23.2 Å². The number of halogens is 4. The molecule has 0 bridgehead atoms. The van der Waals surface area contributed by atoms with Gasteiger partial charge in [-0.15, -0.1) is 0 Å².